The fourth-order valence-electron chi connectivity index (χ4n) is 3.88. The molecule has 280 valence electrons. The van der Waals surface area contributed by atoms with E-state index in [0.717, 1.165) is 28.8 Å². The number of carbonyl (C=O) groups excluding carboxylic acids is 2. The average molecular weight is 800 g/mol. The summed E-state index contributed by atoms with van der Waals surface area (Å²) in [7, 11) is -17.2. The molecular weight excluding hydrogens is 767 g/mol. The predicted octanol–water partition coefficient (Wildman–Crippen LogP) is 3.94. The predicted molar refractivity (Wildman–Crippen MR) is 184 cm³/mol. The van der Waals surface area contributed by atoms with Gasteiger partial charge < -0.3 is 12.5 Å². The van der Waals surface area contributed by atoms with Gasteiger partial charge in [0, 0.05) is 12.8 Å². The second-order valence-corrected chi connectivity index (χ2v) is 17.1. The van der Waals surface area contributed by atoms with Crippen molar-refractivity contribution in [2.75, 3.05) is 6.26 Å². The summed E-state index contributed by atoms with van der Waals surface area (Å²) < 4.78 is 120. The zero-order valence-electron chi connectivity index (χ0n) is 27.9. The van der Waals surface area contributed by atoms with Crippen LogP contribution in [0.4, 0.5) is 0 Å². The third-order valence-corrected chi connectivity index (χ3v) is 10.2. The Morgan fingerprint density at radius 1 is 0.519 bits per heavy atom. The minimum atomic E-state index is -4.58. The van der Waals surface area contributed by atoms with Crippen molar-refractivity contribution in [3.8, 4) is 17.2 Å². The Bertz CT molecular complexity index is 2240. The quantitative estimate of drug-likeness (QED) is 0.105. The van der Waals surface area contributed by atoms with E-state index in [1.54, 1.807) is 57.2 Å². The molecule has 1 aliphatic heterocycles. The van der Waals surface area contributed by atoms with Crippen molar-refractivity contribution in [1.29, 1.82) is 0 Å². The van der Waals surface area contributed by atoms with E-state index in [4.69, 9.17) is 22.3 Å². The van der Waals surface area contributed by atoms with Crippen LogP contribution in [0.5, 0.6) is 17.2 Å². The van der Waals surface area contributed by atoms with Gasteiger partial charge in [0.25, 0.3) is 21.9 Å². The van der Waals surface area contributed by atoms with E-state index in [9.17, 15) is 43.3 Å². The van der Waals surface area contributed by atoms with E-state index in [-0.39, 0.29) is 32.6 Å². The number of hydrogen-bond acceptors (Lipinski definition) is 14. The first-order valence-corrected chi connectivity index (χ1v) is 20.7. The second-order valence-electron chi connectivity index (χ2n) is 11.0. The Kier molecular flexibility index (Phi) is 13.3. The fourth-order valence-corrected chi connectivity index (χ4v) is 6.69. The Balaban J connectivity index is 0.000000472. The standard InChI is InChI=1S/C27H24O9S3.C4H5NO3.CH4O3S/c1-19-7-13-22(14-8-19)37(28,29)34-25-5-4-6-26(35-38(30,31)23-15-9-20(2)10-16-23)27(25)36-39(32,33)24-17-11-21(3)12-18-24;6-3-1-2-4(7)5(3)8;1-5(2,3)4/h4-18H,1-3H3;8H,1-2H2;1H3,(H,2,3,4). The number of amides is 2. The molecule has 0 atom stereocenters. The van der Waals surface area contributed by atoms with Crippen LogP contribution in [0.25, 0.3) is 0 Å². The first-order chi connectivity index (χ1) is 24.0. The lowest BCUT2D eigenvalue weighted by Crippen LogP contribution is -2.24. The summed E-state index contributed by atoms with van der Waals surface area (Å²) in [5.41, 5.74) is 2.40. The number of nitrogens with zero attached hydrogens (tertiary/aromatic N) is 1. The molecular formula is C32H33NO15S4. The van der Waals surface area contributed by atoms with Gasteiger partial charge in [-0.05, 0) is 69.3 Å². The van der Waals surface area contributed by atoms with Gasteiger partial charge in [0.1, 0.15) is 14.7 Å². The Labute approximate surface area is 301 Å². The largest absolute Gasteiger partial charge is 0.375 e. The van der Waals surface area contributed by atoms with Crippen LogP contribution in [-0.4, -0.2) is 66.6 Å². The molecule has 0 spiro atoms. The lowest BCUT2D eigenvalue weighted by atomic mass is 10.2. The van der Waals surface area contributed by atoms with E-state index < -0.39 is 69.5 Å². The molecule has 0 unspecified atom stereocenters. The summed E-state index contributed by atoms with van der Waals surface area (Å²) in [6.45, 7) is 5.31. The number of para-hydroxylation sites is 1. The van der Waals surface area contributed by atoms with Crippen molar-refractivity contribution in [2.45, 2.75) is 48.3 Å². The summed E-state index contributed by atoms with van der Waals surface area (Å²) >= 11 is 0. The number of hydrogen-bond donors (Lipinski definition) is 2. The van der Waals surface area contributed by atoms with Crippen LogP contribution in [-0.2, 0) is 50.1 Å². The first kappa shape index (κ1) is 41.6. The van der Waals surface area contributed by atoms with Crippen molar-refractivity contribution in [3.05, 3.63) is 108 Å². The molecule has 52 heavy (non-hydrogen) atoms. The number of benzene rings is 4. The van der Waals surface area contributed by atoms with Gasteiger partial charge in [0.2, 0.25) is 5.75 Å². The third-order valence-electron chi connectivity index (χ3n) is 6.49. The van der Waals surface area contributed by atoms with Crippen molar-refractivity contribution in [3.63, 3.8) is 0 Å². The molecule has 0 radical (unpaired) electrons. The number of imide groups is 1. The molecule has 0 saturated carbocycles. The summed E-state index contributed by atoms with van der Waals surface area (Å²) in [5.74, 6) is -2.96. The molecule has 0 aliphatic carbocycles. The van der Waals surface area contributed by atoms with E-state index in [1.807, 2.05) is 0 Å². The monoisotopic (exact) mass is 799 g/mol. The summed E-state index contributed by atoms with van der Waals surface area (Å²) in [4.78, 5) is 19.8. The maximum absolute atomic E-state index is 13.1. The molecule has 2 N–H and O–H groups in total. The average Bonchev–Trinajstić information content (AvgIpc) is 3.33. The lowest BCUT2D eigenvalue weighted by Gasteiger charge is -2.16. The highest BCUT2D eigenvalue weighted by Crippen LogP contribution is 2.41. The van der Waals surface area contributed by atoms with Crippen LogP contribution in [0.15, 0.2) is 106 Å². The molecule has 5 rings (SSSR count). The minimum absolute atomic E-state index is 0.148. The molecule has 0 bridgehead atoms. The minimum Gasteiger partial charge on any atom is -0.375 e. The highest BCUT2D eigenvalue weighted by Gasteiger charge is 2.29. The van der Waals surface area contributed by atoms with Crippen molar-refractivity contribution in [1.82, 2.24) is 5.06 Å². The zero-order chi connectivity index (χ0) is 39.1. The SMILES string of the molecule is CS(=O)(=O)O.Cc1ccc(S(=O)(=O)Oc2cccc(OS(=O)(=O)c3ccc(C)cc3)c2OS(=O)(=O)c2ccc(C)cc2)cc1.O=C1CCC(=O)N1O. The molecule has 4 aromatic rings. The maximum Gasteiger partial charge on any atom is 0.339 e. The van der Waals surface area contributed by atoms with Crippen LogP contribution >= 0.6 is 0 Å². The Morgan fingerprint density at radius 3 is 1.04 bits per heavy atom. The fraction of sp³-hybridized carbons (Fsp3) is 0.188. The van der Waals surface area contributed by atoms with Gasteiger partial charge in [-0.15, -0.1) is 0 Å². The van der Waals surface area contributed by atoms with Crippen LogP contribution in [0, 0.1) is 20.8 Å². The molecule has 1 aliphatic rings. The number of aryl methyl sites for hydroxylation is 3. The number of hydroxylamine groups is 2. The third kappa shape index (κ3) is 12.1. The van der Waals surface area contributed by atoms with E-state index in [1.165, 1.54) is 42.5 Å². The summed E-state index contributed by atoms with van der Waals surface area (Å²) in [6, 6.07) is 20.7. The van der Waals surface area contributed by atoms with Crippen LogP contribution < -0.4 is 12.5 Å². The number of rotatable bonds is 9. The molecule has 4 aromatic carbocycles. The lowest BCUT2D eigenvalue weighted by molar-refractivity contribution is -0.171. The molecule has 16 nitrogen and oxygen atoms in total. The van der Waals surface area contributed by atoms with Crippen molar-refractivity contribution in [2.24, 2.45) is 0 Å². The van der Waals surface area contributed by atoms with Crippen LogP contribution in [0.3, 0.4) is 0 Å². The Morgan fingerprint density at radius 2 is 0.788 bits per heavy atom. The highest BCUT2D eigenvalue weighted by molar-refractivity contribution is 7.88. The van der Waals surface area contributed by atoms with Gasteiger partial charge in [0.15, 0.2) is 11.5 Å². The molecule has 1 saturated heterocycles. The van der Waals surface area contributed by atoms with E-state index in [2.05, 4.69) is 0 Å². The van der Waals surface area contributed by atoms with Gasteiger partial charge in [0.05, 0.1) is 6.26 Å². The topological polar surface area (TPSA) is 242 Å². The van der Waals surface area contributed by atoms with Crippen LogP contribution in [0.1, 0.15) is 29.5 Å². The zero-order valence-corrected chi connectivity index (χ0v) is 31.1. The van der Waals surface area contributed by atoms with Gasteiger partial charge in [-0.3, -0.25) is 19.3 Å². The molecule has 0 aromatic heterocycles. The van der Waals surface area contributed by atoms with Gasteiger partial charge in [-0.25, -0.2) is 0 Å². The molecule has 20 heteroatoms. The van der Waals surface area contributed by atoms with Gasteiger partial charge in [-0.1, -0.05) is 59.2 Å². The molecule has 1 heterocycles. The first-order valence-electron chi connectivity index (χ1n) is 14.6. The molecule has 2 amide bonds. The van der Waals surface area contributed by atoms with Gasteiger partial charge in [-0.2, -0.15) is 38.7 Å². The van der Waals surface area contributed by atoms with Crippen molar-refractivity contribution >= 4 is 52.3 Å². The van der Waals surface area contributed by atoms with Gasteiger partial charge >= 0.3 is 30.4 Å². The highest BCUT2D eigenvalue weighted by atomic mass is 32.2. The molecule has 1 fully saturated rings. The Hall–Kier alpha value is -4.86. The smallest absolute Gasteiger partial charge is 0.339 e. The van der Waals surface area contributed by atoms with E-state index >= 15 is 0 Å². The van der Waals surface area contributed by atoms with Crippen molar-refractivity contribution < 1.29 is 65.6 Å². The second kappa shape index (κ2) is 16.7. The van der Waals surface area contributed by atoms with Crippen LogP contribution in [0.2, 0.25) is 0 Å². The van der Waals surface area contributed by atoms with E-state index in [0.29, 0.717) is 6.26 Å². The normalized spacial score (nSPS) is 13.3. The summed E-state index contributed by atoms with van der Waals surface area (Å²) in [6.07, 6.45) is 1.01. The number of carbonyl (C=O) groups is 2. The maximum atomic E-state index is 13.1. The summed E-state index contributed by atoms with van der Waals surface area (Å²) in [5, 5.41) is 8.57.